The number of nitrogens with zero attached hydrogens (tertiary/aromatic N) is 2. The molecule has 0 aliphatic carbocycles. The van der Waals surface area contributed by atoms with E-state index in [9.17, 15) is 4.79 Å². The van der Waals surface area contributed by atoms with Gasteiger partial charge in [0.25, 0.3) is 5.91 Å². The third kappa shape index (κ3) is 2.03. The van der Waals surface area contributed by atoms with E-state index in [0.29, 0.717) is 10.2 Å². The van der Waals surface area contributed by atoms with Gasteiger partial charge in [-0.2, -0.15) is 9.64 Å². The minimum absolute atomic E-state index is 0.00278. The van der Waals surface area contributed by atoms with Crippen molar-refractivity contribution in [3.8, 4) is 6.07 Å². The minimum Gasteiger partial charge on any atom is -0.338 e. The zero-order valence-electron chi connectivity index (χ0n) is 5.87. The Kier molecular flexibility index (Phi) is 3.19. The Bertz CT molecular complexity index is 330. The molecule has 1 amide bonds. The summed E-state index contributed by atoms with van der Waals surface area (Å²) in [6.45, 7) is 0.00278. The van der Waals surface area contributed by atoms with Crippen molar-refractivity contribution in [3.05, 3.63) is 15.5 Å². The maximum absolute atomic E-state index is 11.1. The molecule has 1 rings (SSSR count). The zero-order chi connectivity index (χ0) is 8.97. The molecule has 62 valence electrons. The van der Waals surface area contributed by atoms with Crippen molar-refractivity contribution < 1.29 is 4.79 Å². The monoisotopic (exact) mass is 245 g/mol. The molecule has 4 nitrogen and oxygen atoms in total. The normalized spacial score (nSPS) is 9.00. The van der Waals surface area contributed by atoms with E-state index in [-0.39, 0.29) is 12.5 Å². The molecule has 0 aliphatic rings. The largest absolute Gasteiger partial charge is 0.338 e. The van der Waals surface area contributed by atoms with E-state index in [1.807, 2.05) is 6.07 Å². The highest BCUT2D eigenvalue weighted by Crippen LogP contribution is 2.16. The number of hydrogen-bond donors (Lipinski definition) is 1. The van der Waals surface area contributed by atoms with E-state index in [4.69, 9.17) is 5.26 Å². The van der Waals surface area contributed by atoms with Crippen LogP contribution in [0.2, 0.25) is 0 Å². The summed E-state index contributed by atoms with van der Waals surface area (Å²) >= 11 is 4.35. The Balaban J connectivity index is 2.67. The number of nitrogens with one attached hydrogen (secondary N) is 1. The van der Waals surface area contributed by atoms with E-state index in [1.54, 1.807) is 5.38 Å². The molecule has 0 atom stereocenters. The van der Waals surface area contributed by atoms with Crippen LogP contribution in [0.25, 0.3) is 0 Å². The van der Waals surface area contributed by atoms with Gasteiger partial charge in [-0.1, -0.05) is 0 Å². The number of nitriles is 1. The molecule has 0 fully saturated rings. The van der Waals surface area contributed by atoms with Crippen LogP contribution in [0.5, 0.6) is 0 Å². The van der Waals surface area contributed by atoms with Gasteiger partial charge in [0.15, 0.2) is 5.69 Å². The van der Waals surface area contributed by atoms with E-state index >= 15 is 0 Å². The predicted octanol–water partition coefficient (Wildman–Crippen LogP) is 1.16. The van der Waals surface area contributed by atoms with Crippen LogP contribution < -0.4 is 5.32 Å². The number of carbonyl (C=O) groups excluding carboxylic acids is 1. The fourth-order valence-electron chi connectivity index (χ4n) is 0.578. The Morgan fingerprint density at radius 3 is 3.17 bits per heavy atom. The Labute approximate surface area is 81.5 Å². The fourth-order valence-corrected chi connectivity index (χ4v) is 1.76. The summed E-state index contributed by atoms with van der Waals surface area (Å²) in [7, 11) is 0. The van der Waals surface area contributed by atoms with Crippen LogP contribution >= 0.6 is 27.5 Å². The van der Waals surface area contributed by atoms with Crippen LogP contribution in [0.1, 0.15) is 10.5 Å². The van der Waals surface area contributed by atoms with E-state index in [2.05, 4.69) is 25.6 Å². The highest BCUT2D eigenvalue weighted by molar-refractivity contribution is 9.10. The molecule has 1 aromatic rings. The fraction of sp³-hybridized carbons (Fsp3) is 0.167. The van der Waals surface area contributed by atoms with Crippen LogP contribution in [-0.2, 0) is 0 Å². The minimum atomic E-state index is -0.329. The molecule has 1 aromatic heterocycles. The van der Waals surface area contributed by atoms with Gasteiger partial charge in [-0.25, -0.2) is 0 Å². The number of amides is 1. The van der Waals surface area contributed by atoms with Crippen LogP contribution in [-0.4, -0.2) is 16.8 Å². The number of hydrogen-bond acceptors (Lipinski definition) is 4. The maximum atomic E-state index is 11.1. The van der Waals surface area contributed by atoms with Gasteiger partial charge in [0.1, 0.15) is 6.54 Å². The van der Waals surface area contributed by atoms with Gasteiger partial charge in [0.05, 0.1) is 10.5 Å². The molecule has 1 N–H and O–H groups in total. The van der Waals surface area contributed by atoms with Crippen LogP contribution in [0.4, 0.5) is 0 Å². The second-order valence-electron chi connectivity index (χ2n) is 1.85. The lowest BCUT2D eigenvalue weighted by Gasteiger charge is -1.95. The van der Waals surface area contributed by atoms with E-state index in [0.717, 1.165) is 0 Å². The first-order chi connectivity index (χ1) is 5.75. The maximum Gasteiger partial charge on any atom is 0.272 e. The van der Waals surface area contributed by atoms with Gasteiger partial charge in [-0.15, -0.1) is 0 Å². The molecule has 0 bridgehead atoms. The van der Waals surface area contributed by atoms with Gasteiger partial charge >= 0.3 is 0 Å². The van der Waals surface area contributed by atoms with Crippen molar-refractivity contribution in [2.45, 2.75) is 0 Å². The Morgan fingerprint density at radius 2 is 2.67 bits per heavy atom. The first kappa shape index (κ1) is 9.16. The topological polar surface area (TPSA) is 65.8 Å². The predicted molar refractivity (Wildman–Crippen MR) is 47.8 cm³/mol. The quantitative estimate of drug-likeness (QED) is 0.796. The van der Waals surface area contributed by atoms with Gasteiger partial charge < -0.3 is 5.32 Å². The zero-order valence-corrected chi connectivity index (χ0v) is 8.28. The smallest absolute Gasteiger partial charge is 0.272 e. The van der Waals surface area contributed by atoms with E-state index < -0.39 is 0 Å². The van der Waals surface area contributed by atoms with Crippen molar-refractivity contribution in [2.24, 2.45) is 0 Å². The number of carbonyl (C=O) groups is 1. The molecular formula is C6H4BrN3OS. The summed E-state index contributed by atoms with van der Waals surface area (Å²) in [5.41, 5.74) is 0.329. The first-order valence-electron chi connectivity index (χ1n) is 3.00. The molecule has 1 heterocycles. The molecule has 0 saturated carbocycles. The summed E-state index contributed by atoms with van der Waals surface area (Å²) in [5, 5.41) is 12.3. The SMILES string of the molecule is N#CCNC(=O)c1nscc1Br. The number of halogens is 1. The molecule has 0 radical (unpaired) electrons. The van der Waals surface area contributed by atoms with E-state index in [1.165, 1.54) is 11.5 Å². The third-order valence-corrected chi connectivity index (χ3v) is 2.61. The second kappa shape index (κ2) is 4.18. The Morgan fingerprint density at radius 1 is 1.92 bits per heavy atom. The van der Waals surface area contributed by atoms with Crippen molar-refractivity contribution in [2.75, 3.05) is 6.54 Å². The van der Waals surface area contributed by atoms with Gasteiger partial charge in [-0.05, 0) is 27.5 Å². The lowest BCUT2D eigenvalue weighted by molar-refractivity contribution is 0.0954. The highest BCUT2D eigenvalue weighted by atomic mass is 79.9. The molecule has 0 unspecified atom stereocenters. The van der Waals surface area contributed by atoms with Gasteiger partial charge in [-0.3, -0.25) is 4.79 Å². The van der Waals surface area contributed by atoms with Crippen molar-refractivity contribution >= 4 is 33.4 Å². The average Bonchev–Trinajstić information content (AvgIpc) is 2.47. The van der Waals surface area contributed by atoms with Gasteiger partial charge in [0.2, 0.25) is 0 Å². The van der Waals surface area contributed by atoms with Crippen LogP contribution in [0.3, 0.4) is 0 Å². The molecule has 0 aromatic carbocycles. The summed E-state index contributed by atoms with van der Waals surface area (Å²) < 4.78 is 4.50. The lowest BCUT2D eigenvalue weighted by atomic mass is 10.4. The van der Waals surface area contributed by atoms with Crippen LogP contribution in [0.15, 0.2) is 9.85 Å². The molecular weight excluding hydrogens is 242 g/mol. The second-order valence-corrected chi connectivity index (χ2v) is 3.34. The molecule has 0 spiro atoms. The summed E-state index contributed by atoms with van der Waals surface area (Å²) in [5.74, 6) is -0.329. The molecule has 6 heteroatoms. The van der Waals surface area contributed by atoms with Crippen molar-refractivity contribution in [1.82, 2.24) is 9.69 Å². The standard InChI is InChI=1S/C6H4BrN3OS/c7-4-3-12-10-5(4)6(11)9-2-1-8/h3H,2H2,(H,9,11). The summed E-state index contributed by atoms with van der Waals surface area (Å²) in [6.07, 6.45) is 0. The average molecular weight is 246 g/mol. The molecule has 0 aliphatic heterocycles. The summed E-state index contributed by atoms with van der Waals surface area (Å²) in [4.78, 5) is 11.1. The number of aromatic nitrogens is 1. The molecule has 12 heavy (non-hydrogen) atoms. The Hall–Kier alpha value is -0.930. The van der Waals surface area contributed by atoms with Crippen molar-refractivity contribution in [1.29, 1.82) is 5.26 Å². The highest BCUT2D eigenvalue weighted by Gasteiger charge is 2.11. The molecule has 0 saturated heterocycles. The third-order valence-electron chi connectivity index (χ3n) is 1.07. The number of rotatable bonds is 2. The lowest BCUT2D eigenvalue weighted by Crippen LogP contribution is -2.23. The van der Waals surface area contributed by atoms with Crippen molar-refractivity contribution in [3.63, 3.8) is 0 Å². The van der Waals surface area contributed by atoms with Gasteiger partial charge in [0, 0.05) is 5.38 Å². The summed E-state index contributed by atoms with van der Waals surface area (Å²) in [6, 6.07) is 1.81. The van der Waals surface area contributed by atoms with Crippen LogP contribution in [0, 0.1) is 11.3 Å². The first-order valence-corrected chi connectivity index (χ1v) is 4.63.